The van der Waals surface area contributed by atoms with Gasteiger partial charge in [0, 0.05) is 12.8 Å². The minimum absolute atomic E-state index is 0.0722. The number of phosphoric ester groups is 1. The van der Waals surface area contributed by atoms with Crippen molar-refractivity contribution in [1.82, 2.24) is 19.5 Å². The number of nitrogen functional groups attached to an aromatic ring is 1. The Kier molecular flexibility index (Phi) is 9.85. The molecule has 0 aromatic carbocycles. The molecule has 2 aromatic heterocycles. The molecule has 2 aromatic rings. The number of anilines is 1. The number of rotatable bonds is 10. The minimum Gasteiger partial charge on any atom is -0.457 e. The van der Waals surface area contributed by atoms with Crippen LogP contribution in [0.25, 0.3) is 11.2 Å². The molecule has 0 bridgehead atoms. The van der Waals surface area contributed by atoms with Gasteiger partial charge in [0.15, 0.2) is 23.8 Å². The Morgan fingerprint density at radius 3 is 2.51 bits per heavy atom. The largest absolute Gasteiger partial charge is 0.481 e. The number of hydrogen-bond acceptors (Lipinski definition) is 15. The first kappa shape index (κ1) is 32.3. The Morgan fingerprint density at radius 2 is 1.85 bits per heavy atom. The second-order valence-corrected chi connectivity index (χ2v) is 14.2. The number of hydrogen-bond donors (Lipinski definition) is 5. The molecule has 41 heavy (non-hydrogen) atoms. The van der Waals surface area contributed by atoms with Crippen molar-refractivity contribution in [3.63, 3.8) is 0 Å². The highest BCUT2D eigenvalue weighted by atomic mass is 32.5. The van der Waals surface area contributed by atoms with Gasteiger partial charge in [-0.1, -0.05) is 20.8 Å². The van der Waals surface area contributed by atoms with Crippen LogP contribution in [0.15, 0.2) is 12.7 Å². The van der Waals surface area contributed by atoms with Crippen LogP contribution in [0.3, 0.4) is 0 Å². The van der Waals surface area contributed by atoms with Crippen molar-refractivity contribution >= 4 is 49.3 Å². The average Bonchev–Trinajstić information content (AvgIpc) is 3.43. The lowest BCUT2D eigenvalue weighted by molar-refractivity contribution is -0.250. The number of ether oxygens (including phenoxy) is 3. The van der Waals surface area contributed by atoms with Crippen molar-refractivity contribution in [3.05, 3.63) is 12.7 Å². The van der Waals surface area contributed by atoms with Crippen molar-refractivity contribution in [2.75, 3.05) is 12.3 Å². The SMILES string of the molecule is CCC1O[C@@H](OP(=O)(O)OP(O)(=S)OC[C@H]2O[C@@H](n3cnc4c(N)ncnc43)[C@@H](O)C2O)C(OC(C)=O)[C@@H](C)[C@@H]1C. The summed E-state index contributed by atoms with van der Waals surface area (Å²) in [4.78, 5) is 44.6. The average molecular weight is 642 g/mol. The molecule has 230 valence electrons. The molecule has 0 aliphatic carbocycles. The minimum atomic E-state index is -5.16. The van der Waals surface area contributed by atoms with Gasteiger partial charge in [-0.25, -0.2) is 23.8 Å². The summed E-state index contributed by atoms with van der Waals surface area (Å²) in [6.07, 6.45) is -5.36. The van der Waals surface area contributed by atoms with E-state index in [1.165, 1.54) is 24.1 Å². The molecule has 0 amide bonds. The quantitative estimate of drug-likeness (QED) is 0.177. The van der Waals surface area contributed by atoms with Crippen molar-refractivity contribution in [2.24, 2.45) is 11.8 Å². The molecule has 2 aliphatic heterocycles. The monoisotopic (exact) mass is 641 g/mol. The molecule has 4 heterocycles. The van der Waals surface area contributed by atoms with Crippen molar-refractivity contribution in [3.8, 4) is 0 Å². The molecule has 4 rings (SSSR count). The molecule has 2 aliphatic rings. The van der Waals surface area contributed by atoms with Gasteiger partial charge in [-0.05, 0) is 24.1 Å². The number of esters is 1. The summed E-state index contributed by atoms with van der Waals surface area (Å²) in [5, 5.41) is 21.1. The van der Waals surface area contributed by atoms with Crippen LogP contribution >= 0.6 is 14.5 Å². The lowest BCUT2D eigenvalue weighted by Crippen LogP contribution is -2.51. The summed E-state index contributed by atoms with van der Waals surface area (Å²) in [5.41, 5.74) is 6.27. The smallest absolute Gasteiger partial charge is 0.457 e. The van der Waals surface area contributed by atoms with Gasteiger partial charge in [0.25, 0.3) is 0 Å². The van der Waals surface area contributed by atoms with E-state index in [9.17, 15) is 29.4 Å². The maximum absolute atomic E-state index is 12.8. The topological polar surface area (TPSA) is 240 Å². The van der Waals surface area contributed by atoms with Gasteiger partial charge in [-0.2, -0.15) is 0 Å². The third-order valence-electron chi connectivity index (χ3n) is 7.06. The van der Waals surface area contributed by atoms with E-state index >= 15 is 0 Å². The van der Waals surface area contributed by atoms with E-state index in [-0.39, 0.29) is 34.9 Å². The fraction of sp³-hybridized carbons (Fsp3) is 0.714. The zero-order chi connectivity index (χ0) is 30.3. The van der Waals surface area contributed by atoms with E-state index in [1.807, 2.05) is 13.8 Å². The molecule has 5 unspecified atom stereocenters. The van der Waals surface area contributed by atoms with Crippen LogP contribution in [0.4, 0.5) is 5.82 Å². The zero-order valence-electron chi connectivity index (χ0n) is 22.5. The molecular weight excluding hydrogens is 608 g/mol. The standard InChI is InChI=1S/C21H33N5O12P2S/c1-5-12-9(2)10(3)17(34-11(4)27)21(36-12)37-39(30,31)38-40(32,41)33-6-13-15(28)16(29)20(35-13)26-8-25-14-18(22)23-7-24-19(14)26/h7-10,12-13,15-17,20-21,28-29H,5-6H2,1-4H3,(H,30,31)(H,32,41)(H2,22,23,24)/t9-,10-,12?,13+,15?,16-,17?,20+,21-,40?/m0/s1. The number of aromatic nitrogens is 4. The first-order valence-corrected chi connectivity index (χ1v) is 16.7. The predicted octanol–water partition coefficient (Wildman–Crippen LogP) is 0.733. The molecule has 20 heteroatoms. The second-order valence-electron chi connectivity index (χ2n) is 9.79. The number of fused-ring (bicyclic) bond motifs is 1. The molecule has 0 radical (unpaired) electrons. The van der Waals surface area contributed by atoms with Crippen LogP contribution < -0.4 is 5.73 Å². The van der Waals surface area contributed by atoms with Gasteiger partial charge in [0.1, 0.15) is 30.2 Å². The first-order valence-electron chi connectivity index (χ1n) is 12.6. The molecule has 0 saturated carbocycles. The number of aliphatic hydroxyl groups excluding tert-OH is 2. The maximum atomic E-state index is 12.8. The molecule has 6 N–H and O–H groups in total. The molecule has 2 saturated heterocycles. The van der Waals surface area contributed by atoms with Gasteiger partial charge in [-0.3, -0.25) is 13.9 Å². The predicted molar refractivity (Wildman–Crippen MR) is 143 cm³/mol. The number of aliphatic hydroxyl groups is 2. The maximum Gasteiger partial charge on any atom is 0.481 e. The van der Waals surface area contributed by atoms with E-state index in [1.54, 1.807) is 6.92 Å². The third kappa shape index (κ3) is 7.12. The van der Waals surface area contributed by atoms with Crippen LogP contribution in [-0.4, -0.2) is 88.9 Å². The number of phosphoric acid groups is 1. The Balaban J connectivity index is 1.40. The van der Waals surface area contributed by atoms with E-state index in [0.717, 1.165) is 0 Å². The summed E-state index contributed by atoms with van der Waals surface area (Å²) in [7, 11) is -5.16. The van der Waals surface area contributed by atoms with Gasteiger partial charge >= 0.3 is 20.5 Å². The second kappa shape index (κ2) is 12.5. The van der Waals surface area contributed by atoms with Crippen LogP contribution in [0.1, 0.15) is 40.3 Å². The summed E-state index contributed by atoms with van der Waals surface area (Å²) in [5.74, 6) is -0.938. The molecule has 2 fully saturated rings. The Bertz CT molecular complexity index is 1350. The fourth-order valence-corrected chi connectivity index (χ4v) is 7.89. The Morgan fingerprint density at radius 1 is 1.15 bits per heavy atom. The number of carbonyl (C=O) groups excluding carboxylic acids is 1. The molecule has 11 atom stereocenters. The lowest BCUT2D eigenvalue weighted by Gasteiger charge is -2.43. The van der Waals surface area contributed by atoms with Crippen LogP contribution in [0, 0.1) is 11.8 Å². The van der Waals surface area contributed by atoms with E-state index < -0.39 is 64.1 Å². The van der Waals surface area contributed by atoms with Crippen LogP contribution in [0.2, 0.25) is 0 Å². The van der Waals surface area contributed by atoms with Crippen LogP contribution in [-0.2, 0) is 48.7 Å². The number of carbonyl (C=O) groups is 1. The number of nitrogens with two attached hydrogens (primary N) is 1. The van der Waals surface area contributed by atoms with Gasteiger partial charge in [0.05, 0.1) is 19.0 Å². The van der Waals surface area contributed by atoms with Crippen molar-refractivity contribution in [2.45, 2.75) is 77.2 Å². The third-order valence-corrected chi connectivity index (χ3v) is 10.6. The van der Waals surface area contributed by atoms with Crippen LogP contribution in [0.5, 0.6) is 0 Å². The molecule has 0 spiro atoms. The van der Waals surface area contributed by atoms with E-state index in [0.29, 0.717) is 6.42 Å². The van der Waals surface area contributed by atoms with E-state index in [4.69, 9.17) is 45.1 Å². The van der Waals surface area contributed by atoms with Gasteiger partial charge < -0.3 is 44.5 Å². The lowest BCUT2D eigenvalue weighted by atomic mass is 9.82. The van der Waals surface area contributed by atoms with Gasteiger partial charge in [-0.15, -0.1) is 0 Å². The highest BCUT2D eigenvalue weighted by Gasteiger charge is 2.49. The zero-order valence-corrected chi connectivity index (χ0v) is 25.1. The van der Waals surface area contributed by atoms with Crippen molar-refractivity contribution in [1.29, 1.82) is 0 Å². The van der Waals surface area contributed by atoms with E-state index in [2.05, 4.69) is 15.0 Å². The summed E-state index contributed by atoms with van der Waals surface area (Å²) in [6, 6.07) is 0. The molecule has 17 nitrogen and oxygen atoms in total. The van der Waals surface area contributed by atoms with Crippen molar-refractivity contribution < 1.29 is 56.9 Å². The normalized spacial score (nSPS) is 35.2. The highest BCUT2D eigenvalue weighted by Crippen LogP contribution is 2.62. The molecular formula is C21H33N5O12P2S. The van der Waals surface area contributed by atoms with Gasteiger partial charge in [0.2, 0.25) is 6.29 Å². The highest BCUT2D eigenvalue weighted by molar-refractivity contribution is 8.08. The Labute approximate surface area is 239 Å². The fourth-order valence-electron chi connectivity index (χ4n) is 4.79. The summed E-state index contributed by atoms with van der Waals surface area (Å²) >= 11 is 4.87. The Hall–Kier alpha value is -1.66. The number of imidazole rings is 1. The summed E-state index contributed by atoms with van der Waals surface area (Å²) < 4.78 is 46.0. The number of nitrogens with zero attached hydrogens (tertiary/aromatic N) is 4. The summed E-state index contributed by atoms with van der Waals surface area (Å²) in [6.45, 7) is 1.56. The first-order chi connectivity index (χ1) is 19.1.